The van der Waals surface area contributed by atoms with E-state index in [2.05, 4.69) is 24.1 Å². The number of likely N-dealkylation sites (tertiary alicyclic amines) is 1. The summed E-state index contributed by atoms with van der Waals surface area (Å²) < 4.78 is 22.8. The Kier molecular flexibility index (Phi) is 5.49. The van der Waals surface area contributed by atoms with Crippen molar-refractivity contribution in [3.8, 4) is 0 Å². The summed E-state index contributed by atoms with van der Waals surface area (Å²) in [5, 5.41) is 3.41. The SMILES string of the molecule is CCC1(CC)CCN(CCNC2CCS(=O)(=O)C2)CC1. The van der Waals surface area contributed by atoms with E-state index in [1.165, 1.54) is 38.8 Å². The molecule has 2 rings (SSSR count). The molecule has 0 aromatic rings. The van der Waals surface area contributed by atoms with Gasteiger partial charge in [-0.05, 0) is 37.8 Å². The van der Waals surface area contributed by atoms with Crippen molar-refractivity contribution >= 4 is 9.84 Å². The van der Waals surface area contributed by atoms with Crippen LogP contribution in [0.4, 0.5) is 0 Å². The average molecular weight is 302 g/mol. The van der Waals surface area contributed by atoms with E-state index in [1.807, 2.05) is 0 Å². The quantitative estimate of drug-likeness (QED) is 0.811. The predicted molar refractivity (Wildman–Crippen MR) is 83.8 cm³/mol. The second kappa shape index (κ2) is 6.75. The number of sulfone groups is 1. The highest BCUT2D eigenvalue weighted by molar-refractivity contribution is 7.91. The maximum absolute atomic E-state index is 11.4. The van der Waals surface area contributed by atoms with Gasteiger partial charge in [-0.2, -0.15) is 0 Å². The van der Waals surface area contributed by atoms with Crippen LogP contribution in [0.1, 0.15) is 46.0 Å². The second-order valence-electron chi connectivity index (χ2n) is 6.60. The van der Waals surface area contributed by atoms with Crippen LogP contribution in [0.2, 0.25) is 0 Å². The van der Waals surface area contributed by atoms with Gasteiger partial charge in [0.2, 0.25) is 0 Å². The molecule has 118 valence electrons. The van der Waals surface area contributed by atoms with Crippen molar-refractivity contribution in [2.75, 3.05) is 37.7 Å². The number of hydrogen-bond acceptors (Lipinski definition) is 4. The first kappa shape index (κ1) is 16.2. The second-order valence-corrected chi connectivity index (χ2v) is 8.83. The van der Waals surface area contributed by atoms with Gasteiger partial charge in [0, 0.05) is 19.1 Å². The monoisotopic (exact) mass is 302 g/mol. The zero-order chi connectivity index (χ0) is 14.6. The molecule has 2 aliphatic heterocycles. The Bertz CT molecular complexity index is 394. The first-order valence-electron chi connectivity index (χ1n) is 8.15. The van der Waals surface area contributed by atoms with E-state index >= 15 is 0 Å². The van der Waals surface area contributed by atoms with E-state index in [-0.39, 0.29) is 6.04 Å². The molecule has 0 spiro atoms. The third kappa shape index (κ3) is 4.18. The van der Waals surface area contributed by atoms with E-state index in [4.69, 9.17) is 0 Å². The lowest BCUT2D eigenvalue weighted by Crippen LogP contribution is -2.43. The highest BCUT2D eigenvalue weighted by Crippen LogP contribution is 2.37. The summed E-state index contributed by atoms with van der Waals surface area (Å²) >= 11 is 0. The maximum atomic E-state index is 11.4. The molecule has 0 amide bonds. The Balaban J connectivity index is 1.64. The summed E-state index contributed by atoms with van der Waals surface area (Å²) in [5.41, 5.74) is 0.587. The summed E-state index contributed by atoms with van der Waals surface area (Å²) in [6.45, 7) is 9.02. The van der Waals surface area contributed by atoms with Crippen molar-refractivity contribution < 1.29 is 8.42 Å². The first-order valence-corrected chi connectivity index (χ1v) is 9.97. The molecule has 1 atom stereocenters. The molecule has 4 nitrogen and oxygen atoms in total. The van der Waals surface area contributed by atoms with Gasteiger partial charge in [0.25, 0.3) is 0 Å². The number of nitrogens with one attached hydrogen (secondary N) is 1. The van der Waals surface area contributed by atoms with Gasteiger partial charge in [-0.3, -0.25) is 0 Å². The highest BCUT2D eigenvalue weighted by Gasteiger charge is 2.31. The third-order valence-corrected chi connectivity index (χ3v) is 7.28. The van der Waals surface area contributed by atoms with E-state index in [9.17, 15) is 8.42 Å². The summed E-state index contributed by atoms with van der Waals surface area (Å²) in [4.78, 5) is 2.53. The lowest BCUT2D eigenvalue weighted by atomic mass is 9.74. The predicted octanol–water partition coefficient (Wildman–Crippen LogP) is 1.67. The minimum atomic E-state index is -2.75. The zero-order valence-electron chi connectivity index (χ0n) is 13.0. The van der Waals surface area contributed by atoms with E-state index in [1.54, 1.807) is 0 Å². The minimum absolute atomic E-state index is 0.190. The number of nitrogens with zero attached hydrogens (tertiary/aromatic N) is 1. The molecular formula is C15H30N2O2S. The minimum Gasteiger partial charge on any atom is -0.312 e. The lowest BCUT2D eigenvalue weighted by molar-refractivity contribution is 0.0957. The molecule has 0 aromatic heterocycles. The smallest absolute Gasteiger partial charge is 0.151 e. The Hall–Kier alpha value is -0.130. The van der Waals surface area contributed by atoms with Gasteiger partial charge in [0.1, 0.15) is 0 Å². The van der Waals surface area contributed by atoms with Crippen molar-refractivity contribution in [1.82, 2.24) is 10.2 Å². The molecule has 2 heterocycles. The van der Waals surface area contributed by atoms with Crippen LogP contribution in [0.5, 0.6) is 0 Å². The molecular weight excluding hydrogens is 272 g/mol. The van der Waals surface area contributed by atoms with Crippen molar-refractivity contribution in [2.45, 2.75) is 52.0 Å². The number of hydrogen-bond donors (Lipinski definition) is 1. The van der Waals surface area contributed by atoms with Crippen LogP contribution in [-0.2, 0) is 9.84 Å². The summed E-state index contributed by atoms with van der Waals surface area (Å²) in [6.07, 6.45) is 6.03. The average Bonchev–Trinajstić information content (AvgIpc) is 2.79. The van der Waals surface area contributed by atoms with Crippen LogP contribution >= 0.6 is 0 Å². The standard InChI is InChI=1S/C15H30N2O2S/c1-3-15(4-2)6-9-17(10-7-15)11-8-16-14-5-12-20(18,19)13-14/h14,16H,3-13H2,1-2H3. The lowest BCUT2D eigenvalue weighted by Gasteiger charge is -2.41. The Morgan fingerprint density at radius 3 is 2.35 bits per heavy atom. The van der Waals surface area contributed by atoms with E-state index in [0.29, 0.717) is 16.9 Å². The van der Waals surface area contributed by atoms with Crippen molar-refractivity contribution in [2.24, 2.45) is 5.41 Å². The maximum Gasteiger partial charge on any atom is 0.151 e. The van der Waals surface area contributed by atoms with Crippen molar-refractivity contribution in [1.29, 1.82) is 0 Å². The van der Waals surface area contributed by atoms with Crippen LogP contribution in [0.15, 0.2) is 0 Å². The van der Waals surface area contributed by atoms with E-state index < -0.39 is 9.84 Å². The van der Waals surface area contributed by atoms with E-state index in [0.717, 1.165) is 19.5 Å². The van der Waals surface area contributed by atoms with Crippen LogP contribution < -0.4 is 5.32 Å². The fourth-order valence-corrected chi connectivity index (χ4v) is 5.30. The normalized spacial score (nSPS) is 29.6. The third-order valence-electron chi connectivity index (χ3n) is 5.51. The fraction of sp³-hybridized carbons (Fsp3) is 1.00. The first-order chi connectivity index (χ1) is 9.49. The zero-order valence-corrected chi connectivity index (χ0v) is 13.8. The number of rotatable bonds is 6. The van der Waals surface area contributed by atoms with Crippen LogP contribution in [0.25, 0.3) is 0 Å². The summed E-state index contributed by atoms with van der Waals surface area (Å²) in [5.74, 6) is 0.700. The van der Waals surface area contributed by atoms with Crippen LogP contribution in [-0.4, -0.2) is 57.0 Å². The number of piperidine rings is 1. The van der Waals surface area contributed by atoms with Crippen LogP contribution in [0.3, 0.4) is 0 Å². The topological polar surface area (TPSA) is 49.4 Å². The van der Waals surface area contributed by atoms with Gasteiger partial charge < -0.3 is 10.2 Å². The molecule has 1 unspecified atom stereocenters. The van der Waals surface area contributed by atoms with Gasteiger partial charge in [0.15, 0.2) is 9.84 Å². The molecule has 2 saturated heterocycles. The molecule has 0 saturated carbocycles. The molecule has 0 radical (unpaired) electrons. The van der Waals surface area contributed by atoms with Gasteiger partial charge in [0.05, 0.1) is 11.5 Å². The summed E-state index contributed by atoms with van der Waals surface area (Å²) in [7, 11) is -2.75. The van der Waals surface area contributed by atoms with Gasteiger partial charge in [-0.1, -0.05) is 26.7 Å². The van der Waals surface area contributed by atoms with Crippen molar-refractivity contribution in [3.05, 3.63) is 0 Å². The Morgan fingerprint density at radius 1 is 1.20 bits per heavy atom. The summed E-state index contributed by atoms with van der Waals surface area (Å²) in [6, 6.07) is 0.190. The molecule has 0 bridgehead atoms. The molecule has 2 fully saturated rings. The Morgan fingerprint density at radius 2 is 1.85 bits per heavy atom. The molecule has 20 heavy (non-hydrogen) atoms. The van der Waals surface area contributed by atoms with Crippen molar-refractivity contribution in [3.63, 3.8) is 0 Å². The van der Waals surface area contributed by atoms with Gasteiger partial charge >= 0.3 is 0 Å². The van der Waals surface area contributed by atoms with Gasteiger partial charge in [-0.15, -0.1) is 0 Å². The molecule has 0 aliphatic carbocycles. The van der Waals surface area contributed by atoms with Crippen LogP contribution in [0, 0.1) is 5.41 Å². The molecule has 0 aromatic carbocycles. The largest absolute Gasteiger partial charge is 0.312 e. The van der Waals surface area contributed by atoms with Gasteiger partial charge in [-0.25, -0.2) is 8.42 Å². The molecule has 5 heteroatoms. The Labute approximate surface area is 124 Å². The highest BCUT2D eigenvalue weighted by atomic mass is 32.2. The fourth-order valence-electron chi connectivity index (χ4n) is 3.59. The molecule has 1 N–H and O–H groups in total. The molecule has 2 aliphatic rings.